The van der Waals surface area contributed by atoms with E-state index in [-0.39, 0.29) is 5.60 Å². The second-order valence-electron chi connectivity index (χ2n) is 7.19. The molecule has 3 nitrogen and oxygen atoms in total. The van der Waals surface area contributed by atoms with Gasteiger partial charge in [-0.3, -0.25) is 4.90 Å². The summed E-state index contributed by atoms with van der Waals surface area (Å²) >= 11 is 0. The Balaban J connectivity index is 1.87. The molecular formula is C18H22N2O. The van der Waals surface area contributed by atoms with E-state index in [1.165, 1.54) is 41.5 Å². The topological polar surface area (TPSA) is 28.3 Å². The predicted octanol–water partition coefficient (Wildman–Crippen LogP) is 3.43. The summed E-state index contributed by atoms with van der Waals surface area (Å²) in [5.74, 6) is 1.40. The van der Waals surface area contributed by atoms with E-state index in [0.29, 0.717) is 12.0 Å². The predicted molar refractivity (Wildman–Crippen MR) is 83.2 cm³/mol. The molecule has 0 spiro atoms. The van der Waals surface area contributed by atoms with Crippen LogP contribution in [0.3, 0.4) is 0 Å². The highest BCUT2D eigenvalue weighted by Gasteiger charge is 2.56. The van der Waals surface area contributed by atoms with Crippen LogP contribution >= 0.6 is 0 Å². The zero-order chi connectivity index (χ0) is 14.2. The highest BCUT2D eigenvalue weighted by atomic mass is 16.5. The monoisotopic (exact) mass is 282 g/mol. The minimum Gasteiger partial charge on any atom is -0.369 e. The summed E-state index contributed by atoms with van der Waals surface area (Å²) in [7, 11) is 2.30. The number of benzene rings is 1. The molecule has 110 valence electrons. The lowest BCUT2D eigenvalue weighted by Crippen LogP contribution is -2.57. The number of nitrogens with zero attached hydrogens (tertiary/aromatic N) is 1. The Kier molecular flexibility index (Phi) is 2.28. The highest BCUT2D eigenvalue weighted by Crippen LogP contribution is 2.59. The van der Waals surface area contributed by atoms with Gasteiger partial charge in [0, 0.05) is 29.1 Å². The van der Waals surface area contributed by atoms with Gasteiger partial charge in [0.1, 0.15) is 5.60 Å². The summed E-state index contributed by atoms with van der Waals surface area (Å²) in [5, 5.41) is 1.39. The molecule has 0 radical (unpaired) electrons. The Morgan fingerprint density at radius 2 is 2.14 bits per heavy atom. The maximum absolute atomic E-state index is 6.36. The highest BCUT2D eigenvalue weighted by molar-refractivity contribution is 5.86. The van der Waals surface area contributed by atoms with E-state index >= 15 is 0 Å². The van der Waals surface area contributed by atoms with Crippen LogP contribution in [0.25, 0.3) is 10.9 Å². The van der Waals surface area contributed by atoms with E-state index in [2.05, 4.69) is 48.1 Å². The van der Waals surface area contributed by atoms with Gasteiger partial charge in [0.25, 0.3) is 0 Å². The third-order valence-corrected chi connectivity index (χ3v) is 6.29. The van der Waals surface area contributed by atoms with E-state index in [1.807, 2.05) is 0 Å². The van der Waals surface area contributed by atoms with E-state index in [9.17, 15) is 0 Å². The second-order valence-corrected chi connectivity index (χ2v) is 7.19. The van der Waals surface area contributed by atoms with Crippen LogP contribution in [0.4, 0.5) is 0 Å². The van der Waals surface area contributed by atoms with Gasteiger partial charge in [0.15, 0.2) is 0 Å². The Morgan fingerprint density at radius 1 is 1.29 bits per heavy atom. The van der Waals surface area contributed by atoms with Crippen molar-refractivity contribution in [1.29, 1.82) is 0 Å². The van der Waals surface area contributed by atoms with Gasteiger partial charge in [0.2, 0.25) is 0 Å². The van der Waals surface area contributed by atoms with Crippen molar-refractivity contribution in [3.8, 4) is 0 Å². The van der Waals surface area contributed by atoms with Crippen LogP contribution in [0.2, 0.25) is 0 Å². The molecule has 1 N–H and O–H groups in total. The molecule has 2 saturated heterocycles. The Labute approximate surface area is 125 Å². The van der Waals surface area contributed by atoms with Crippen molar-refractivity contribution in [2.45, 2.75) is 31.4 Å². The first-order valence-corrected chi connectivity index (χ1v) is 8.15. The van der Waals surface area contributed by atoms with Gasteiger partial charge in [-0.1, -0.05) is 18.2 Å². The first kappa shape index (κ1) is 12.2. The molecule has 2 fully saturated rings. The first-order chi connectivity index (χ1) is 10.2. The lowest BCUT2D eigenvalue weighted by molar-refractivity contribution is -0.182. The van der Waals surface area contributed by atoms with Gasteiger partial charge in [-0.25, -0.2) is 0 Å². The zero-order valence-electron chi connectivity index (χ0n) is 12.7. The average molecular weight is 282 g/mol. The fourth-order valence-electron chi connectivity index (χ4n) is 5.35. The maximum Gasteiger partial charge on any atom is 0.108 e. The van der Waals surface area contributed by atoms with Gasteiger partial charge in [-0.05, 0) is 51.3 Å². The SMILES string of the molecule is CN1CC[C@H]2[C@@H]3CCO[C@]2(C)c2[nH]c4ccccc4c2[C@@H]31. The van der Waals surface area contributed by atoms with Crippen molar-refractivity contribution >= 4 is 10.9 Å². The number of ether oxygens (including phenoxy) is 1. The van der Waals surface area contributed by atoms with Crippen LogP contribution in [0, 0.1) is 11.8 Å². The summed E-state index contributed by atoms with van der Waals surface area (Å²) in [5.41, 5.74) is 4.01. The number of likely N-dealkylation sites (tertiary alicyclic amines) is 1. The first-order valence-electron chi connectivity index (χ1n) is 8.15. The molecule has 3 aliphatic rings. The van der Waals surface area contributed by atoms with Crippen LogP contribution in [0.1, 0.15) is 37.1 Å². The fourth-order valence-corrected chi connectivity index (χ4v) is 5.35. The molecule has 2 aliphatic heterocycles. The number of hydrogen-bond donors (Lipinski definition) is 1. The van der Waals surface area contributed by atoms with Crippen molar-refractivity contribution in [2.24, 2.45) is 11.8 Å². The molecule has 5 rings (SSSR count). The second kappa shape index (κ2) is 3.90. The van der Waals surface area contributed by atoms with Gasteiger partial charge in [0.05, 0.1) is 5.69 Å². The Morgan fingerprint density at radius 3 is 3.05 bits per heavy atom. The van der Waals surface area contributed by atoms with Gasteiger partial charge >= 0.3 is 0 Å². The molecule has 4 bridgehead atoms. The summed E-state index contributed by atoms with van der Waals surface area (Å²) in [6.45, 7) is 4.40. The standard InChI is InChI=1S/C18H22N2O/c1-18-13-7-9-20(2)16(11(13)8-10-21-18)15-12-5-3-4-6-14(12)19-17(15)18/h3-6,11,13,16,19H,7-10H2,1-2H3/t11-,13-,16+,18-/m0/s1. The smallest absolute Gasteiger partial charge is 0.108 e. The third-order valence-electron chi connectivity index (χ3n) is 6.29. The van der Waals surface area contributed by atoms with Crippen LogP contribution in [0.15, 0.2) is 24.3 Å². The normalized spacial score (nSPS) is 38.5. The molecule has 2 aromatic rings. The summed E-state index contributed by atoms with van der Waals surface area (Å²) in [6.07, 6.45) is 2.46. The number of fused-ring (bicyclic) bond motifs is 5. The van der Waals surface area contributed by atoms with Gasteiger partial charge < -0.3 is 9.72 Å². The number of hydrogen-bond acceptors (Lipinski definition) is 2. The molecule has 0 unspecified atom stereocenters. The average Bonchev–Trinajstić information content (AvgIpc) is 2.86. The molecule has 3 heterocycles. The molecule has 21 heavy (non-hydrogen) atoms. The van der Waals surface area contributed by atoms with Crippen LogP contribution in [-0.4, -0.2) is 30.1 Å². The summed E-state index contributed by atoms with van der Waals surface area (Å²) in [6, 6.07) is 9.31. The van der Waals surface area contributed by atoms with Gasteiger partial charge in [-0.2, -0.15) is 0 Å². The quantitative estimate of drug-likeness (QED) is 0.802. The minimum atomic E-state index is -0.116. The molecule has 1 aliphatic carbocycles. The van der Waals surface area contributed by atoms with E-state index in [4.69, 9.17) is 4.74 Å². The van der Waals surface area contributed by atoms with E-state index in [1.54, 1.807) is 0 Å². The van der Waals surface area contributed by atoms with Crippen LogP contribution in [0.5, 0.6) is 0 Å². The van der Waals surface area contributed by atoms with Crippen molar-refractivity contribution in [2.75, 3.05) is 20.2 Å². The number of aromatic nitrogens is 1. The third kappa shape index (κ3) is 1.37. The number of para-hydroxylation sites is 1. The fraction of sp³-hybridized carbons (Fsp3) is 0.556. The molecule has 0 amide bonds. The zero-order valence-corrected chi connectivity index (χ0v) is 12.7. The largest absolute Gasteiger partial charge is 0.369 e. The number of piperidine rings is 1. The number of H-pyrrole nitrogens is 1. The lowest BCUT2D eigenvalue weighted by atomic mass is 9.60. The molecule has 4 atom stereocenters. The van der Waals surface area contributed by atoms with Crippen molar-refractivity contribution in [3.63, 3.8) is 0 Å². The molecule has 1 aromatic carbocycles. The molecule has 0 saturated carbocycles. The molecular weight excluding hydrogens is 260 g/mol. The van der Waals surface area contributed by atoms with Crippen LogP contribution < -0.4 is 0 Å². The Bertz CT molecular complexity index is 721. The van der Waals surface area contributed by atoms with Gasteiger partial charge in [-0.15, -0.1) is 0 Å². The van der Waals surface area contributed by atoms with Crippen molar-refractivity contribution < 1.29 is 4.74 Å². The Hall–Kier alpha value is -1.32. The molecule has 1 aromatic heterocycles. The lowest BCUT2D eigenvalue weighted by Gasteiger charge is -2.57. The number of aromatic amines is 1. The van der Waals surface area contributed by atoms with E-state index in [0.717, 1.165) is 12.5 Å². The maximum atomic E-state index is 6.36. The van der Waals surface area contributed by atoms with Crippen molar-refractivity contribution in [3.05, 3.63) is 35.5 Å². The van der Waals surface area contributed by atoms with Crippen LogP contribution in [-0.2, 0) is 10.3 Å². The minimum absolute atomic E-state index is 0.116. The summed E-state index contributed by atoms with van der Waals surface area (Å²) < 4.78 is 6.36. The summed E-state index contributed by atoms with van der Waals surface area (Å²) in [4.78, 5) is 6.28. The number of nitrogens with one attached hydrogen (secondary N) is 1. The van der Waals surface area contributed by atoms with E-state index < -0.39 is 0 Å². The molecule has 3 heteroatoms. The van der Waals surface area contributed by atoms with Crippen molar-refractivity contribution in [1.82, 2.24) is 9.88 Å². The number of rotatable bonds is 0.